The first-order valence-electron chi connectivity index (χ1n) is 8.62. The smallest absolute Gasteiger partial charge is 0.189 e. The molecule has 0 aromatic heterocycles. The third-order valence-corrected chi connectivity index (χ3v) is 5.20. The summed E-state index contributed by atoms with van der Waals surface area (Å²) in [6.07, 6.45) is 5.97. The van der Waals surface area contributed by atoms with Crippen LogP contribution in [-0.2, 0) is 20.7 Å². The topological polar surface area (TPSA) is 65.0 Å². The summed E-state index contributed by atoms with van der Waals surface area (Å²) in [7, 11) is 1.37. The number of benzene rings is 1. The van der Waals surface area contributed by atoms with E-state index in [-0.39, 0.29) is 35.9 Å². The number of ether oxygens (including phenoxy) is 3. The molecule has 3 rings (SSSR count). The van der Waals surface area contributed by atoms with Gasteiger partial charge in [-0.1, -0.05) is 19.1 Å². The van der Waals surface area contributed by atoms with Crippen molar-refractivity contribution in [2.24, 2.45) is 11.8 Å². The van der Waals surface area contributed by atoms with Crippen molar-refractivity contribution in [3.63, 3.8) is 0 Å². The van der Waals surface area contributed by atoms with E-state index in [1.807, 2.05) is 26.0 Å². The van der Waals surface area contributed by atoms with Gasteiger partial charge in [0.15, 0.2) is 24.1 Å². The molecule has 0 spiro atoms. The Bertz CT molecular complexity index is 770. The zero-order valence-electron chi connectivity index (χ0n) is 15.1. The third kappa shape index (κ3) is 3.09. The van der Waals surface area contributed by atoms with Crippen LogP contribution in [0, 0.1) is 17.7 Å². The molecule has 26 heavy (non-hydrogen) atoms. The Morgan fingerprint density at radius 2 is 2.27 bits per heavy atom. The average molecular weight is 362 g/mol. The van der Waals surface area contributed by atoms with Gasteiger partial charge in [0, 0.05) is 18.1 Å². The molecule has 1 saturated heterocycles. The number of allylic oxidation sites excluding steroid dienone is 3. The zero-order chi connectivity index (χ0) is 18.9. The average Bonchev–Trinajstić information content (AvgIpc) is 3.02. The van der Waals surface area contributed by atoms with Crippen LogP contribution >= 0.6 is 0 Å². The van der Waals surface area contributed by atoms with Crippen LogP contribution in [0.1, 0.15) is 25.8 Å². The van der Waals surface area contributed by atoms with Gasteiger partial charge in [0.1, 0.15) is 17.2 Å². The normalized spacial score (nSPS) is 26.4. The Balaban J connectivity index is 1.91. The van der Waals surface area contributed by atoms with E-state index in [4.69, 9.17) is 14.2 Å². The minimum absolute atomic E-state index is 0.0142. The number of carbonyl (C=O) groups excluding carboxylic acids is 1. The van der Waals surface area contributed by atoms with Crippen LogP contribution in [0.25, 0.3) is 0 Å². The van der Waals surface area contributed by atoms with Crippen molar-refractivity contribution in [3.05, 3.63) is 47.5 Å². The van der Waals surface area contributed by atoms with Crippen molar-refractivity contribution < 1.29 is 28.5 Å². The number of halogens is 1. The fourth-order valence-corrected chi connectivity index (χ4v) is 3.76. The number of ketones is 1. The van der Waals surface area contributed by atoms with Crippen LogP contribution in [-0.4, -0.2) is 30.4 Å². The van der Waals surface area contributed by atoms with E-state index < -0.39 is 11.4 Å². The van der Waals surface area contributed by atoms with Gasteiger partial charge in [-0.2, -0.15) is 0 Å². The highest BCUT2D eigenvalue weighted by Gasteiger charge is 2.51. The minimum atomic E-state index is -0.778. The van der Waals surface area contributed by atoms with Crippen LogP contribution in [0.3, 0.4) is 0 Å². The summed E-state index contributed by atoms with van der Waals surface area (Å²) in [5.41, 5.74) is -0.417. The molecule has 0 amide bonds. The molecule has 1 aromatic rings. The highest BCUT2D eigenvalue weighted by atomic mass is 19.1. The number of aromatic hydroxyl groups is 1. The molecule has 0 saturated carbocycles. The van der Waals surface area contributed by atoms with Gasteiger partial charge < -0.3 is 19.3 Å². The van der Waals surface area contributed by atoms with Gasteiger partial charge in [-0.15, -0.1) is 0 Å². The van der Waals surface area contributed by atoms with Crippen molar-refractivity contribution in [1.82, 2.24) is 0 Å². The summed E-state index contributed by atoms with van der Waals surface area (Å²) < 4.78 is 30.8. The van der Waals surface area contributed by atoms with Crippen LogP contribution in [0.4, 0.5) is 4.39 Å². The molecule has 6 heteroatoms. The lowest BCUT2D eigenvalue weighted by Gasteiger charge is -2.38. The first kappa shape index (κ1) is 18.5. The molecule has 1 heterocycles. The van der Waals surface area contributed by atoms with E-state index >= 15 is 0 Å². The SMILES string of the molecule is C/C=C/[C@H]1C[C@]2([C@@H](C)Cc3cc(O)c(OC)cc3F)OCOC2=CC1=O. The fraction of sp³-hybridized carbons (Fsp3) is 0.450. The van der Waals surface area contributed by atoms with E-state index in [1.165, 1.54) is 25.3 Å². The summed E-state index contributed by atoms with van der Waals surface area (Å²) >= 11 is 0. The summed E-state index contributed by atoms with van der Waals surface area (Å²) in [6.45, 7) is 3.87. The second kappa shape index (κ2) is 7.11. The molecule has 3 atom stereocenters. The number of hydrogen-bond acceptors (Lipinski definition) is 5. The Labute approximate surface area is 152 Å². The lowest BCUT2D eigenvalue weighted by Crippen LogP contribution is -2.44. The molecule has 1 aromatic carbocycles. The molecule has 140 valence electrons. The third-order valence-electron chi connectivity index (χ3n) is 5.20. The number of methoxy groups -OCH3 is 1. The molecule has 1 aliphatic carbocycles. The largest absolute Gasteiger partial charge is 0.504 e. The molecule has 5 nitrogen and oxygen atoms in total. The maximum Gasteiger partial charge on any atom is 0.189 e. The van der Waals surface area contributed by atoms with Gasteiger partial charge in [-0.3, -0.25) is 4.79 Å². The number of phenolic OH excluding ortho intramolecular Hbond substituents is 1. The quantitative estimate of drug-likeness (QED) is 0.812. The summed E-state index contributed by atoms with van der Waals surface area (Å²) in [5.74, 6) is -0.438. The Hall–Kier alpha value is -2.34. The van der Waals surface area contributed by atoms with E-state index in [1.54, 1.807) is 0 Å². The highest BCUT2D eigenvalue weighted by molar-refractivity contribution is 5.95. The highest BCUT2D eigenvalue weighted by Crippen LogP contribution is 2.46. The number of hydrogen-bond donors (Lipinski definition) is 1. The molecule has 0 radical (unpaired) electrons. The standard InChI is InChI=1S/C20H23FO5/c1-4-5-13-10-20(19(9-16(13)22)25-11-26-20)12(2)6-14-7-17(23)18(24-3)8-15(14)21/h4-5,7-9,12-13,23H,6,10-11H2,1-3H3/b5-4+/t12-,13-,20+/m0/s1. The Morgan fingerprint density at radius 3 is 2.96 bits per heavy atom. The number of phenols is 1. The second-order valence-corrected chi connectivity index (χ2v) is 6.76. The molecule has 1 fully saturated rings. The van der Waals surface area contributed by atoms with Crippen molar-refractivity contribution in [1.29, 1.82) is 0 Å². The predicted octanol–water partition coefficient (Wildman–Crippen LogP) is 3.51. The van der Waals surface area contributed by atoms with Gasteiger partial charge >= 0.3 is 0 Å². The number of carbonyl (C=O) groups is 1. The van der Waals surface area contributed by atoms with Crippen LogP contribution < -0.4 is 4.74 Å². The van der Waals surface area contributed by atoms with Gasteiger partial charge in [-0.25, -0.2) is 4.39 Å². The Kier molecular flexibility index (Phi) is 5.05. The van der Waals surface area contributed by atoms with Crippen LogP contribution in [0.15, 0.2) is 36.1 Å². The second-order valence-electron chi connectivity index (χ2n) is 6.76. The van der Waals surface area contributed by atoms with Gasteiger partial charge in [0.05, 0.1) is 7.11 Å². The van der Waals surface area contributed by atoms with Crippen molar-refractivity contribution in [2.45, 2.75) is 32.3 Å². The maximum absolute atomic E-state index is 14.4. The molecule has 1 aliphatic heterocycles. The Morgan fingerprint density at radius 1 is 1.50 bits per heavy atom. The van der Waals surface area contributed by atoms with Crippen LogP contribution in [0.5, 0.6) is 11.5 Å². The first-order valence-corrected chi connectivity index (χ1v) is 8.62. The monoisotopic (exact) mass is 362 g/mol. The fourth-order valence-electron chi connectivity index (χ4n) is 3.76. The molecule has 0 unspecified atom stereocenters. The summed E-state index contributed by atoms with van der Waals surface area (Å²) in [5, 5.41) is 9.96. The van der Waals surface area contributed by atoms with Crippen molar-refractivity contribution in [3.8, 4) is 11.5 Å². The minimum Gasteiger partial charge on any atom is -0.504 e. The van der Waals surface area contributed by atoms with Gasteiger partial charge in [0.25, 0.3) is 0 Å². The van der Waals surface area contributed by atoms with Crippen molar-refractivity contribution >= 4 is 5.78 Å². The molecular formula is C20H23FO5. The van der Waals surface area contributed by atoms with E-state index in [9.17, 15) is 14.3 Å². The predicted molar refractivity (Wildman–Crippen MR) is 93.3 cm³/mol. The summed E-state index contributed by atoms with van der Waals surface area (Å²) in [6, 6.07) is 2.54. The van der Waals surface area contributed by atoms with Gasteiger partial charge in [0.2, 0.25) is 0 Å². The number of fused-ring (bicyclic) bond motifs is 1. The van der Waals surface area contributed by atoms with E-state index in [0.29, 0.717) is 24.2 Å². The van der Waals surface area contributed by atoms with Crippen LogP contribution in [0.2, 0.25) is 0 Å². The molecule has 1 N–H and O–H groups in total. The first-order chi connectivity index (χ1) is 12.4. The van der Waals surface area contributed by atoms with E-state index in [0.717, 1.165) is 0 Å². The number of rotatable bonds is 5. The zero-order valence-corrected chi connectivity index (χ0v) is 15.1. The summed E-state index contributed by atoms with van der Waals surface area (Å²) in [4.78, 5) is 12.2. The maximum atomic E-state index is 14.4. The lowest BCUT2D eigenvalue weighted by molar-refractivity contribution is -0.121. The molecule has 0 bridgehead atoms. The van der Waals surface area contributed by atoms with Crippen molar-refractivity contribution in [2.75, 3.05) is 13.9 Å². The van der Waals surface area contributed by atoms with Gasteiger partial charge in [-0.05, 0) is 37.3 Å². The van der Waals surface area contributed by atoms with E-state index in [2.05, 4.69) is 0 Å². The molecule has 2 aliphatic rings. The lowest BCUT2D eigenvalue weighted by atomic mass is 9.72. The molecular weight excluding hydrogens is 339 g/mol.